The third-order valence-corrected chi connectivity index (χ3v) is 8.53. The first-order valence-electron chi connectivity index (χ1n) is 13.9. The minimum atomic E-state index is 0.912. The van der Waals surface area contributed by atoms with Crippen LogP contribution in [0.2, 0.25) is 0 Å². The van der Waals surface area contributed by atoms with E-state index in [2.05, 4.69) is 115 Å². The summed E-state index contributed by atoms with van der Waals surface area (Å²) in [5.74, 6) is 1.09. The molecule has 9 rings (SSSR count). The highest BCUT2D eigenvalue weighted by atomic mass is 16.3. The van der Waals surface area contributed by atoms with Crippen molar-refractivity contribution in [3.8, 4) is 22.3 Å². The van der Waals surface area contributed by atoms with Gasteiger partial charge in [-0.05, 0) is 51.2 Å². The van der Waals surface area contributed by atoms with E-state index in [4.69, 9.17) is 8.83 Å². The lowest BCUT2D eigenvalue weighted by molar-refractivity contribution is 0.547. The van der Waals surface area contributed by atoms with E-state index < -0.39 is 0 Å². The molecular formula is C38H24O2. The van der Waals surface area contributed by atoms with Crippen molar-refractivity contribution in [1.82, 2.24) is 0 Å². The second-order valence-corrected chi connectivity index (χ2v) is 10.7. The molecule has 0 N–H and O–H groups in total. The standard InChI is InChI=1S/C38H24O2/c1-3-14-26-24(12-1)35(30-18-10-22-34-37(30)29-16-6-8-21-33(29)39-34)25-13-2-4-15-27(25)36(26)31-19-9-17-28-23-11-5-7-20-32(23)40-38(28)31/h1-6,8-19,21-22H,7,20H2. The van der Waals surface area contributed by atoms with Gasteiger partial charge in [0.15, 0.2) is 0 Å². The van der Waals surface area contributed by atoms with Crippen LogP contribution >= 0.6 is 0 Å². The van der Waals surface area contributed by atoms with Gasteiger partial charge in [0.25, 0.3) is 0 Å². The minimum Gasteiger partial charge on any atom is -0.460 e. The predicted molar refractivity (Wildman–Crippen MR) is 167 cm³/mol. The van der Waals surface area contributed by atoms with Gasteiger partial charge >= 0.3 is 0 Å². The molecular weight excluding hydrogens is 488 g/mol. The van der Waals surface area contributed by atoms with Gasteiger partial charge in [0.1, 0.15) is 22.5 Å². The Balaban J connectivity index is 1.45. The number of aryl methyl sites for hydroxylation is 1. The van der Waals surface area contributed by atoms with Gasteiger partial charge in [-0.25, -0.2) is 0 Å². The van der Waals surface area contributed by atoms with Crippen molar-refractivity contribution in [2.45, 2.75) is 12.8 Å². The first kappa shape index (κ1) is 21.8. The van der Waals surface area contributed by atoms with Crippen LogP contribution in [-0.2, 0) is 6.42 Å². The largest absolute Gasteiger partial charge is 0.460 e. The van der Waals surface area contributed by atoms with E-state index >= 15 is 0 Å². The van der Waals surface area contributed by atoms with Gasteiger partial charge in [-0.1, -0.05) is 109 Å². The van der Waals surface area contributed by atoms with E-state index in [1.165, 1.54) is 49.2 Å². The highest BCUT2D eigenvalue weighted by Gasteiger charge is 2.23. The quantitative estimate of drug-likeness (QED) is 0.215. The van der Waals surface area contributed by atoms with Crippen LogP contribution in [0.3, 0.4) is 0 Å². The summed E-state index contributed by atoms with van der Waals surface area (Å²) in [6, 6.07) is 39.0. The second-order valence-electron chi connectivity index (χ2n) is 10.7. The normalized spacial score (nSPS) is 13.2. The van der Waals surface area contributed by atoms with Gasteiger partial charge in [-0.3, -0.25) is 0 Å². The van der Waals surface area contributed by atoms with Gasteiger partial charge in [0.05, 0.1) is 0 Å². The third kappa shape index (κ3) is 2.93. The van der Waals surface area contributed by atoms with E-state index in [1.54, 1.807) is 0 Å². The molecule has 0 aliphatic heterocycles. The maximum absolute atomic E-state index is 6.62. The van der Waals surface area contributed by atoms with Gasteiger partial charge in [-0.2, -0.15) is 0 Å². The predicted octanol–water partition coefficient (Wildman–Crippen LogP) is 10.9. The number of furan rings is 2. The fourth-order valence-corrected chi connectivity index (χ4v) is 6.86. The average Bonchev–Trinajstić information content (AvgIpc) is 3.59. The van der Waals surface area contributed by atoms with Crippen molar-refractivity contribution in [3.63, 3.8) is 0 Å². The molecule has 0 radical (unpaired) electrons. The number of allylic oxidation sites excluding steroid dienone is 1. The molecule has 8 aromatic rings. The zero-order chi connectivity index (χ0) is 26.2. The lowest BCUT2D eigenvalue weighted by Crippen LogP contribution is -1.91. The van der Waals surface area contributed by atoms with E-state index in [0.717, 1.165) is 51.7 Å². The number of hydrogen-bond acceptors (Lipinski definition) is 2. The van der Waals surface area contributed by atoms with E-state index in [0.29, 0.717) is 0 Å². The summed E-state index contributed by atoms with van der Waals surface area (Å²) in [5, 5.41) is 8.38. The maximum atomic E-state index is 6.62. The lowest BCUT2D eigenvalue weighted by atomic mass is 9.84. The van der Waals surface area contributed by atoms with Crippen molar-refractivity contribution in [3.05, 3.63) is 127 Å². The number of para-hydroxylation sites is 2. The van der Waals surface area contributed by atoms with Gasteiger partial charge in [0, 0.05) is 39.3 Å². The fraction of sp³-hybridized carbons (Fsp3) is 0.0526. The Morgan fingerprint density at radius 2 is 1.05 bits per heavy atom. The molecule has 0 amide bonds. The molecule has 2 aromatic heterocycles. The van der Waals surface area contributed by atoms with Gasteiger partial charge in [0.2, 0.25) is 0 Å². The van der Waals surface area contributed by atoms with Crippen molar-refractivity contribution in [1.29, 1.82) is 0 Å². The zero-order valence-corrected chi connectivity index (χ0v) is 21.8. The molecule has 0 bridgehead atoms. The van der Waals surface area contributed by atoms with Crippen LogP contribution < -0.4 is 0 Å². The highest BCUT2D eigenvalue weighted by molar-refractivity contribution is 6.26. The Labute approximate surface area is 230 Å². The smallest absolute Gasteiger partial charge is 0.142 e. The topological polar surface area (TPSA) is 26.3 Å². The van der Waals surface area contributed by atoms with Gasteiger partial charge in [-0.15, -0.1) is 0 Å². The molecule has 6 aromatic carbocycles. The number of hydrogen-bond donors (Lipinski definition) is 0. The summed E-state index contributed by atoms with van der Waals surface area (Å²) in [7, 11) is 0. The third-order valence-electron chi connectivity index (χ3n) is 8.53. The molecule has 0 spiro atoms. The number of fused-ring (bicyclic) bond motifs is 8. The van der Waals surface area contributed by atoms with Gasteiger partial charge < -0.3 is 8.83 Å². The molecule has 2 heterocycles. The van der Waals surface area contributed by atoms with Crippen LogP contribution in [0, 0.1) is 0 Å². The SMILES string of the molecule is C1=Cc2c(oc3c(-c4c5ccccc5c(-c5cccc6oc7ccccc7c56)c5ccccc45)cccc23)CC1. The average molecular weight is 513 g/mol. The molecule has 1 aliphatic carbocycles. The molecule has 0 saturated carbocycles. The van der Waals surface area contributed by atoms with Crippen molar-refractivity contribution in [2.24, 2.45) is 0 Å². The van der Waals surface area contributed by atoms with Crippen LogP contribution in [0.5, 0.6) is 0 Å². The Morgan fingerprint density at radius 3 is 1.80 bits per heavy atom. The monoisotopic (exact) mass is 512 g/mol. The fourth-order valence-electron chi connectivity index (χ4n) is 6.86. The molecule has 1 aliphatic rings. The number of benzene rings is 6. The molecule has 40 heavy (non-hydrogen) atoms. The van der Waals surface area contributed by atoms with E-state index in [-0.39, 0.29) is 0 Å². The molecule has 0 atom stereocenters. The first-order chi connectivity index (χ1) is 19.9. The van der Waals surface area contributed by atoms with Crippen LogP contribution in [0.1, 0.15) is 17.7 Å². The Hall–Kier alpha value is -5.08. The number of rotatable bonds is 2. The molecule has 188 valence electrons. The summed E-state index contributed by atoms with van der Waals surface area (Å²) in [6.45, 7) is 0. The van der Waals surface area contributed by atoms with E-state index in [1.807, 2.05) is 6.07 Å². The molecule has 0 fully saturated rings. The van der Waals surface area contributed by atoms with Crippen LogP contribution in [0.15, 0.2) is 124 Å². The summed E-state index contributed by atoms with van der Waals surface area (Å²) in [5.41, 5.74) is 8.83. The summed E-state index contributed by atoms with van der Waals surface area (Å²) in [4.78, 5) is 0. The second kappa shape index (κ2) is 8.21. The van der Waals surface area contributed by atoms with Crippen molar-refractivity contribution >= 4 is 60.5 Å². The minimum absolute atomic E-state index is 0.912. The Bertz CT molecular complexity index is 2270. The van der Waals surface area contributed by atoms with Crippen molar-refractivity contribution < 1.29 is 8.83 Å². The molecule has 2 heteroatoms. The Morgan fingerprint density at radius 1 is 0.475 bits per heavy atom. The first-order valence-corrected chi connectivity index (χ1v) is 13.9. The highest BCUT2D eigenvalue weighted by Crippen LogP contribution is 2.48. The lowest BCUT2D eigenvalue weighted by Gasteiger charge is -2.18. The molecule has 2 nitrogen and oxygen atoms in total. The van der Waals surface area contributed by atoms with Crippen LogP contribution in [0.25, 0.3) is 82.8 Å². The Kier molecular flexibility index (Phi) is 4.48. The summed E-state index contributed by atoms with van der Waals surface area (Å²) >= 11 is 0. The summed E-state index contributed by atoms with van der Waals surface area (Å²) < 4.78 is 12.9. The van der Waals surface area contributed by atoms with Crippen molar-refractivity contribution in [2.75, 3.05) is 0 Å². The zero-order valence-electron chi connectivity index (χ0n) is 21.8. The van der Waals surface area contributed by atoms with E-state index in [9.17, 15) is 0 Å². The van der Waals surface area contributed by atoms with Crippen LogP contribution in [-0.4, -0.2) is 0 Å². The summed E-state index contributed by atoms with van der Waals surface area (Å²) in [6.07, 6.45) is 6.45. The molecule has 0 saturated heterocycles. The molecule has 0 unspecified atom stereocenters. The maximum Gasteiger partial charge on any atom is 0.142 e. The van der Waals surface area contributed by atoms with Crippen LogP contribution in [0.4, 0.5) is 0 Å².